The fraction of sp³-hybridized carbons (Fsp3) is 0.250. The highest BCUT2D eigenvalue weighted by molar-refractivity contribution is 5.93. The quantitative estimate of drug-likeness (QED) is 0.856. The van der Waals surface area contributed by atoms with Crippen LogP contribution in [0, 0.1) is 0 Å². The van der Waals surface area contributed by atoms with Gasteiger partial charge in [0.1, 0.15) is 11.7 Å². The summed E-state index contributed by atoms with van der Waals surface area (Å²) in [5.41, 5.74) is 1.86. The van der Waals surface area contributed by atoms with Crippen LogP contribution >= 0.6 is 0 Å². The second-order valence-electron chi connectivity index (χ2n) is 4.62. The second kappa shape index (κ2) is 5.84. The summed E-state index contributed by atoms with van der Waals surface area (Å²) in [6.07, 6.45) is 1.62. The average molecular weight is 268 g/mol. The standard InChI is InChI=1S/C16H16N2O2/c1-19-11-14-15(12-7-3-2-4-8-12)20-16(18-14)13-9-5-6-10-17-13/h2-10,14-15H,11H2,1H3/t14-,15-/m1/s1. The van der Waals surface area contributed by atoms with E-state index in [0.29, 0.717) is 12.5 Å². The Labute approximate surface area is 118 Å². The van der Waals surface area contributed by atoms with Crippen LogP contribution in [0.3, 0.4) is 0 Å². The van der Waals surface area contributed by atoms with Gasteiger partial charge in [0.05, 0.1) is 6.61 Å². The molecule has 0 N–H and O–H groups in total. The fourth-order valence-corrected chi connectivity index (χ4v) is 2.29. The molecule has 0 saturated carbocycles. The smallest absolute Gasteiger partial charge is 0.236 e. The molecule has 0 saturated heterocycles. The van der Waals surface area contributed by atoms with Crippen molar-refractivity contribution in [1.82, 2.24) is 4.98 Å². The maximum atomic E-state index is 6.01. The highest BCUT2D eigenvalue weighted by atomic mass is 16.5. The molecule has 4 nitrogen and oxygen atoms in total. The van der Waals surface area contributed by atoms with Gasteiger partial charge in [0.2, 0.25) is 5.90 Å². The van der Waals surface area contributed by atoms with Gasteiger partial charge in [0.15, 0.2) is 6.10 Å². The second-order valence-corrected chi connectivity index (χ2v) is 4.62. The lowest BCUT2D eigenvalue weighted by Crippen LogP contribution is -2.19. The summed E-state index contributed by atoms with van der Waals surface area (Å²) in [6, 6.07) is 15.7. The van der Waals surface area contributed by atoms with Gasteiger partial charge in [-0.15, -0.1) is 0 Å². The van der Waals surface area contributed by atoms with E-state index in [2.05, 4.69) is 9.98 Å². The van der Waals surface area contributed by atoms with Crippen LogP contribution in [0.25, 0.3) is 0 Å². The first-order chi connectivity index (χ1) is 9.88. The van der Waals surface area contributed by atoms with Gasteiger partial charge in [-0.25, -0.2) is 4.99 Å². The van der Waals surface area contributed by atoms with Gasteiger partial charge in [-0.3, -0.25) is 4.98 Å². The Morgan fingerprint density at radius 3 is 2.60 bits per heavy atom. The van der Waals surface area contributed by atoms with E-state index in [-0.39, 0.29) is 12.1 Å². The van der Waals surface area contributed by atoms with Crippen molar-refractivity contribution in [1.29, 1.82) is 0 Å². The summed E-state index contributed by atoms with van der Waals surface area (Å²) in [5.74, 6) is 0.585. The van der Waals surface area contributed by atoms with Crippen molar-refractivity contribution in [2.45, 2.75) is 12.1 Å². The van der Waals surface area contributed by atoms with Gasteiger partial charge in [-0.1, -0.05) is 36.4 Å². The Hall–Kier alpha value is -2.20. The molecule has 0 spiro atoms. The summed E-state index contributed by atoms with van der Waals surface area (Å²) in [7, 11) is 1.68. The van der Waals surface area contributed by atoms with Crippen LogP contribution in [0.5, 0.6) is 0 Å². The monoisotopic (exact) mass is 268 g/mol. The van der Waals surface area contributed by atoms with Crippen molar-refractivity contribution in [2.75, 3.05) is 13.7 Å². The molecular weight excluding hydrogens is 252 g/mol. The molecule has 0 fully saturated rings. The lowest BCUT2D eigenvalue weighted by molar-refractivity contribution is 0.120. The van der Waals surface area contributed by atoms with Gasteiger partial charge in [-0.2, -0.15) is 0 Å². The molecule has 1 aliphatic rings. The topological polar surface area (TPSA) is 43.7 Å². The Bertz CT molecular complexity index is 584. The maximum absolute atomic E-state index is 6.01. The summed E-state index contributed by atoms with van der Waals surface area (Å²) in [5, 5.41) is 0. The molecular formula is C16H16N2O2. The number of rotatable bonds is 4. The molecule has 2 aromatic rings. The van der Waals surface area contributed by atoms with Crippen molar-refractivity contribution in [2.24, 2.45) is 4.99 Å². The molecule has 1 aliphatic heterocycles. The zero-order chi connectivity index (χ0) is 13.8. The van der Waals surface area contributed by atoms with E-state index >= 15 is 0 Å². The first kappa shape index (κ1) is 12.8. The summed E-state index contributed by atoms with van der Waals surface area (Å²) in [4.78, 5) is 8.90. The third kappa shape index (κ3) is 2.56. The van der Waals surface area contributed by atoms with Crippen LogP contribution in [0.2, 0.25) is 0 Å². The summed E-state index contributed by atoms with van der Waals surface area (Å²) in [6.45, 7) is 0.524. The Morgan fingerprint density at radius 2 is 1.90 bits per heavy atom. The van der Waals surface area contributed by atoms with Gasteiger partial charge in [-0.05, 0) is 17.7 Å². The van der Waals surface area contributed by atoms with Crippen molar-refractivity contribution in [3.63, 3.8) is 0 Å². The predicted octanol–water partition coefficient (Wildman–Crippen LogP) is 2.61. The van der Waals surface area contributed by atoms with E-state index < -0.39 is 0 Å². The molecule has 1 aromatic heterocycles. The zero-order valence-corrected chi connectivity index (χ0v) is 11.3. The molecule has 0 radical (unpaired) electrons. The number of methoxy groups -OCH3 is 1. The summed E-state index contributed by atoms with van der Waals surface area (Å²) < 4.78 is 11.3. The zero-order valence-electron chi connectivity index (χ0n) is 11.3. The third-order valence-corrected chi connectivity index (χ3v) is 3.22. The highest BCUT2D eigenvalue weighted by Crippen LogP contribution is 2.30. The molecule has 4 heteroatoms. The molecule has 2 heterocycles. The number of ether oxygens (including phenoxy) is 2. The van der Waals surface area contributed by atoms with Crippen LogP contribution in [-0.4, -0.2) is 30.6 Å². The van der Waals surface area contributed by atoms with Crippen LogP contribution in [0.1, 0.15) is 17.4 Å². The van der Waals surface area contributed by atoms with Gasteiger partial charge >= 0.3 is 0 Å². The molecule has 0 aliphatic carbocycles. The van der Waals surface area contributed by atoms with Gasteiger partial charge < -0.3 is 9.47 Å². The Kier molecular flexibility index (Phi) is 3.74. The average Bonchev–Trinajstić information content (AvgIpc) is 2.94. The highest BCUT2D eigenvalue weighted by Gasteiger charge is 2.33. The van der Waals surface area contributed by atoms with E-state index in [4.69, 9.17) is 9.47 Å². The maximum Gasteiger partial charge on any atom is 0.236 e. The van der Waals surface area contributed by atoms with Crippen molar-refractivity contribution < 1.29 is 9.47 Å². The van der Waals surface area contributed by atoms with E-state index in [1.807, 2.05) is 48.5 Å². The minimum absolute atomic E-state index is 0.0422. The van der Waals surface area contributed by atoms with E-state index in [1.54, 1.807) is 13.3 Å². The van der Waals surface area contributed by atoms with Crippen molar-refractivity contribution in [3.05, 3.63) is 66.0 Å². The number of aromatic nitrogens is 1. The number of hydrogen-bond donors (Lipinski definition) is 0. The fourth-order valence-electron chi connectivity index (χ4n) is 2.29. The number of aliphatic imine (C=N–C) groups is 1. The molecule has 1 aromatic carbocycles. The van der Waals surface area contributed by atoms with E-state index in [9.17, 15) is 0 Å². The molecule has 2 atom stereocenters. The minimum Gasteiger partial charge on any atom is -0.466 e. The number of pyridine rings is 1. The Morgan fingerprint density at radius 1 is 1.10 bits per heavy atom. The largest absolute Gasteiger partial charge is 0.466 e. The van der Waals surface area contributed by atoms with Crippen molar-refractivity contribution >= 4 is 5.90 Å². The number of benzene rings is 1. The van der Waals surface area contributed by atoms with Crippen LogP contribution in [0.15, 0.2) is 59.7 Å². The number of hydrogen-bond acceptors (Lipinski definition) is 4. The molecule has 0 unspecified atom stereocenters. The van der Waals surface area contributed by atoms with Crippen LogP contribution in [-0.2, 0) is 9.47 Å². The first-order valence-corrected chi connectivity index (χ1v) is 6.58. The predicted molar refractivity (Wildman–Crippen MR) is 76.7 cm³/mol. The molecule has 0 amide bonds. The molecule has 102 valence electrons. The van der Waals surface area contributed by atoms with Crippen molar-refractivity contribution in [3.8, 4) is 0 Å². The van der Waals surface area contributed by atoms with Gasteiger partial charge in [0, 0.05) is 13.3 Å². The normalized spacial score (nSPS) is 21.4. The van der Waals surface area contributed by atoms with Crippen LogP contribution in [0.4, 0.5) is 0 Å². The summed E-state index contributed by atoms with van der Waals surface area (Å²) >= 11 is 0. The Balaban J connectivity index is 1.88. The molecule has 0 bridgehead atoms. The van der Waals surface area contributed by atoms with E-state index in [0.717, 1.165) is 11.3 Å². The number of nitrogens with zero attached hydrogens (tertiary/aromatic N) is 2. The van der Waals surface area contributed by atoms with Crippen LogP contribution < -0.4 is 0 Å². The molecule has 20 heavy (non-hydrogen) atoms. The lowest BCUT2D eigenvalue weighted by atomic mass is 10.0. The SMILES string of the molecule is COC[C@H]1N=C(c2ccccn2)O[C@@H]1c1ccccc1. The third-order valence-electron chi connectivity index (χ3n) is 3.22. The molecule has 3 rings (SSSR count). The van der Waals surface area contributed by atoms with E-state index in [1.165, 1.54) is 0 Å². The first-order valence-electron chi connectivity index (χ1n) is 6.58. The minimum atomic E-state index is -0.117. The lowest BCUT2D eigenvalue weighted by Gasteiger charge is -2.17. The van der Waals surface area contributed by atoms with Gasteiger partial charge in [0.25, 0.3) is 0 Å².